The van der Waals surface area contributed by atoms with Gasteiger partial charge in [-0.25, -0.2) is 4.79 Å². The van der Waals surface area contributed by atoms with Gasteiger partial charge in [0, 0.05) is 26.0 Å². The number of likely N-dealkylation sites (N-methyl/N-ethyl adjacent to an activating group) is 1. The molecule has 0 bridgehead atoms. The monoisotopic (exact) mass is 240 g/mol. The molecular weight excluding hydrogens is 216 g/mol. The summed E-state index contributed by atoms with van der Waals surface area (Å²) in [5.74, 6) is -0.775. The van der Waals surface area contributed by atoms with Crippen molar-refractivity contribution in [2.75, 3.05) is 13.6 Å². The maximum absolute atomic E-state index is 11.1. The van der Waals surface area contributed by atoms with Crippen molar-refractivity contribution in [3.8, 4) is 0 Å². The third kappa shape index (κ3) is 4.29. The summed E-state index contributed by atoms with van der Waals surface area (Å²) in [4.78, 5) is 14.7. The summed E-state index contributed by atoms with van der Waals surface area (Å²) in [6, 6.07) is 0. The molecule has 1 unspecified atom stereocenters. The molecule has 1 aliphatic heterocycles. The van der Waals surface area contributed by atoms with Gasteiger partial charge in [-0.05, 0) is 6.42 Å². The van der Waals surface area contributed by atoms with Crippen LogP contribution in [0.3, 0.4) is 0 Å². The summed E-state index contributed by atoms with van der Waals surface area (Å²) in [6.45, 7) is 3.05. The highest BCUT2D eigenvalue weighted by molar-refractivity contribution is 5.73. The first-order valence-corrected chi connectivity index (χ1v) is 6.55. The fourth-order valence-electron chi connectivity index (χ4n) is 2.18. The first-order valence-electron chi connectivity index (χ1n) is 6.55. The molecule has 0 aromatic rings. The van der Waals surface area contributed by atoms with Gasteiger partial charge in [-0.2, -0.15) is 0 Å². The van der Waals surface area contributed by atoms with Crippen molar-refractivity contribution in [3.63, 3.8) is 0 Å². The molecule has 0 aliphatic carbocycles. The number of aliphatic carboxylic acids is 1. The van der Waals surface area contributed by atoms with E-state index in [2.05, 4.69) is 6.92 Å². The number of carboxylic acids is 1. The zero-order valence-electron chi connectivity index (χ0n) is 10.9. The quantitative estimate of drug-likeness (QED) is 0.662. The second-order valence-corrected chi connectivity index (χ2v) is 4.68. The molecule has 4 heteroatoms. The van der Waals surface area contributed by atoms with Crippen molar-refractivity contribution in [3.05, 3.63) is 12.4 Å². The Kier molecular flexibility index (Phi) is 5.87. The highest BCUT2D eigenvalue weighted by atomic mass is 16.4. The number of hydrogen-bond donors (Lipinski definition) is 1. The Hall–Kier alpha value is -1.19. The van der Waals surface area contributed by atoms with Gasteiger partial charge in [-0.1, -0.05) is 39.0 Å². The number of nitrogens with zero attached hydrogens (tertiary/aromatic N) is 2. The van der Waals surface area contributed by atoms with Crippen molar-refractivity contribution in [2.24, 2.45) is 0 Å². The van der Waals surface area contributed by atoms with Crippen LogP contribution in [0.15, 0.2) is 12.4 Å². The van der Waals surface area contributed by atoms with Crippen molar-refractivity contribution >= 4 is 5.97 Å². The average Bonchev–Trinajstić information content (AvgIpc) is 2.65. The van der Waals surface area contributed by atoms with Crippen molar-refractivity contribution < 1.29 is 9.90 Å². The highest BCUT2D eigenvalue weighted by Gasteiger charge is 2.29. The van der Waals surface area contributed by atoms with Gasteiger partial charge in [0.1, 0.15) is 0 Å². The lowest BCUT2D eigenvalue weighted by Crippen LogP contribution is -2.43. The minimum atomic E-state index is -0.775. The molecule has 0 saturated carbocycles. The van der Waals surface area contributed by atoms with E-state index in [9.17, 15) is 4.79 Å². The van der Waals surface area contributed by atoms with Crippen molar-refractivity contribution in [2.45, 2.75) is 51.6 Å². The van der Waals surface area contributed by atoms with Crippen LogP contribution in [0.25, 0.3) is 0 Å². The van der Waals surface area contributed by atoms with E-state index in [1.807, 2.05) is 17.3 Å². The van der Waals surface area contributed by atoms with E-state index in [0.717, 1.165) is 13.0 Å². The second kappa shape index (κ2) is 7.20. The first kappa shape index (κ1) is 13.9. The van der Waals surface area contributed by atoms with Crippen LogP contribution in [0.4, 0.5) is 0 Å². The summed E-state index contributed by atoms with van der Waals surface area (Å²) in [5, 5.41) is 9.10. The van der Waals surface area contributed by atoms with Crippen molar-refractivity contribution in [1.29, 1.82) is 0 Å². The molecule has 0 radical (unpaired) electrons. The lowest BCUT2D eigenvalue weighted by Gasteiger charge is -2.26. The summed E-state index contributed by atoms with van der Waals surface area (Å²) >= 11 is 0. The lowest BCUT2D eigenvalue weighted by molar-refractivity contribution is -0.146. The second-order valence-electron chi connectivity index (χ2n) is 4.68. The Morgan fingerprint density at radius 3 is 2.47 bits per heavy atom. The number of rotatable bonds is 8. The molecule has 1 atom stereocenters. The summed E-state index contributed by atoms with van der Waals surface area (Å²) < 4.78 is 0. The van der Waals surface area contributed by atoms with Gasteiger partial charge in [-0.15, -0.1) is 0 Å². The Balaban J connectivity index is 2.18. The van der Waals surface area contributed by atoms with Crippen LogP contribution in [0, 0.1) is 0 Å². The molecular formula is C13H24N2O2. The van der Waals surface area contributed by atoms with Crippen LogP contribution in [0.5, 0.6) is 0 Å². The number of unbranched alkanes of at least 4 members (excludes halogenated alkanes) is 5. The average molecular weight is 240 g/mol. The van der Waals surface area contributed by atoms with E-state index >= 15 is 0 Å². The van der Waals surface area contributed by atoms with E-state index in [0.29, 0.717) is 0 Å². The van der Waals surface area contributed by atoms with Gasteiger partial charge in [0.15, 0.2) is 0 Å². The minimum Gasteiger partial charge on any atom is -0.478 e. The largest absolute Gasteiger partial charge is 0.478 e. The summed E-state index contributed by atoms with van der Waals surface area (Å²) in [6.07, 6.45) is 10.6. The zero-order chi connectivity index (χ0) is 12.7. The Morgan fingerprint density at radius 2 is 1.82 bits per heavy atom. The van der Waals surface area contributed by atoms with Crippen LogP contribution in [0.1, 0.15) is 45.4 Å². The smallest absolute Gasteiger partial charge is 0.347 e. The molecule has 98 valence electrons. The molecule has 0 fully saturated rings. The predicted molar refractivity (Wildman–Crippen MR) is 68.4 cm³/mol. The van der Waals surface area contributed by atoms with Gasteiger partial charge >= 0.3 is 5.97 Å². The van der Waals surface area contributed by atoms with Crippen molar-refractivity contribution in [1.82, 2.24) is 9.80 Å². The maximum atomic E-state index is 11.1. The molecule has 4 nitrogen and oxygen atoms in total. The molecule has 0 spiro atoms. The summed E-state index contributed by atoms with van der Waals surface area (Å²) in [7, 11) is 1.80. The molecule has 0 aromatic carbocycles. The third-order valence-corrected chi connectivity index (χ3v) is 3.18. The van der Waals surface area contributed by atoms with Crippen LogP contribution >= 0.6 is 0 Å². The molecule has 1 heterocycles. The number of carbonyl (C=O) groups is 1. The van der Waals surface area contributed by atoms with E-state index in [4.69, 9.17) is 5.11 Å². The van der Waals surface area contributed by atoms with E-state index in [1.54, 1.807) is 11.9 Å². The Morgan fingerprint density at radius 1 is 1.18 bits per heavy atom. The fourth-order valence-corrected chi connectivity index (χ4v) is 2.18. The van der Waals surface area contributed by atoms with E-state index in [-0.39, 0.29) is 0 Å². The molecule has 1 rings (SSSR count). The SMILES string of the molecule is CCCCCCCCN1C=CN(C)C1C(=O)O. The first-order chi connectivity index (χ1) is 8.16. The van der Waals surface area contributed by atoms with Gasteiger partial charge < -0.3 is 14.9 Å². The predicted octanol–water partition coefficient (Wildman–Crippen LogP) is 2.48. The molecule has 0 amide bonds. The molecule has 0 saturated heterocycles. The highest BCUT2D eigenvalue weighted by Crippen LogP contribution is 2.15. The fraction of sp³-hybridized carbons (Fsp3) is 0.769. The maximum Gasteiger partial charge on any atom is 0.347 e. The van der Waals surface area contributed by atoms with E-state index < -0.39 is 12.1 Å². The van der Waals surface area contributed by atoms with Crippen LogP contribution in [-0.4, -0.2) is 40.6 Å². The zero-order valence-corrected chi connectivity index (χ0v) is 10.9. The van der Waals surface area contributed by atoms with Crippen LogP contribution < -0.4 is 0 Å². The molecule has 1 aliphatic rings. The standard InChI is InChI=1S/C13H24N2O2/c1-3-4-5-6-7-8-9-15-11-10-14(2)12(15)13(16)17/h10-12H,3-9H2,1-2H3,(H,16,17). The topological polar surface area (TPSA) is 43.8 Å². The number of hydrogen-bond acceptors (Lipinski definition) is 3. The lowest BCUT2D eigenvalue weighted by atomic mass is 10.1. The van der Waals surface area contributed by atoms with Gasteiger partial charge in [0.25, 0.3) is 0 Å². The van der Waals surface area contributed by atoms with E-state index in [1.165, 1.54) is 32.1 Å². The summed E-state index contributed by atoms with van der Waals surface area (Å²) in [5.41, 5.74) is 0. The molecule has 0 aromatic heterocycles. The van der Waals surface area contributed by atoms with Gasteiger partial charge in [0.2, 0.25) is 6.17 Å². The molecule has 17 heavy (non-hydrogen) atoms. The van der Waals surface area contributed by atoms with Crippen LogP contribution in [-0.2, 0) is 4.79 Å². The third-order valence-electron chi connectivity index (χ3n) is 3.18. The minimum absolute atomic E-state index is 0.509. The normalized spacial score (nSPS) is 19.1. The van der Waals surface area contributed by atoms with Gasteiger partial charge in [-0.3, -0.25) is 0 Å². The van der Waals surface area contributed by atoms with Crippen LogP contribution in [0.2, 0.25) is 0 Å². The Labute approximate surface area is 104 Å². The molecule has 1 N–H and O–H groups in total. The van der Waals surface area contributed by atoms with Gasteiger partial charge in [0.05, 0.1) is 0 Å². The Bertz CT molecular complexity index is 266. The number of carboxylic acid groups (broad SMARTS) is 1.